The zero-order chi connectivity index (χ0) is 17.9. The molecule has 0 aliphatic heterocycles. The number of H-pyrrole nitrogens is 1. The number of hydrogen-bond donors (Lipinski definition) is 2. The summed E-state index contributed by atoms with van der Waals surface area (Å²) in [6.07, 6.45) is 9.75. The number of aromatic nitrogens is 2. The van der Waals surface area contributed by atoms with Gasteiger partial charge in [-0.3, -0.25) is 9.78 Å². The first-order valence-corrected chi connectivity index (χ1v) is 8.80. The van der Waals surface area contributed by atoms with Crippen molar-refractivity contribution in [1.82, 2.24) is 9.97 Å². The smallest absolute Gasteiger partial charge is 0.252 e. The fourth-order valence-electron chi connectivity index (χ4n) is 2.50. The van der Waals surface area contributed by atoms with E-state index in [9.17, 15) is 4.79 Å². The Labute approximate surface area is 148 Å². The van der Waals surface area contributed by atoms with Gasteiger partial charge in [0, 0.05) is 11.8 Å². The highest BCUT2D eigenvalue weighted by Gasteiger charge is 1.98. The maximum atomic E-state index is 11.5. The number of unbranched alkanes of at least 4 members (excludes halogenated alkanes) is 3. The molecule has 2 rings (SSSR count). The van der Waals surface area contributed by atoms with E-state index in [0.717, 1.165) is 24.0 Å². The van der Waals surface area contributed by atoms with Gasteiger partial charge in [-0.05, 0) is 30.9 Å². The van der Waals surface area contributed by atoms with E-state index in [4.69, 9.17) is 0 Å². The second-order valence-corrected chi connectivity index (χ2v) is 6.05. The monoisotopic (exact) mass is 338 g/mol. The molecule has 0 fully saturated rings. The number of hydrazone groups is 1. The molecule has 1 heterocycles. The van der Waals surface area contributed by atoms with Gasteiger partial charge in [-0.1, -0.05) is 62.6 Å². The van der Waals surface area contributed by atoms with Gasteiger partial charge in [0.15, 0.2) is 0 Å². The minimum Gasteiger partial charge on any atom is -0.291 e. The molecule has 1 aromatic carbocycles. The Morgan fingerprint density at radius 3 is 2.76 bits per heavy atom. The van der Waals surface area contributed by atoms with E-state index < -0.39 is 0 Å². The lowest BCUT2D eigenvalue weighted by atomic mass is 10.0. The molecule has 2 aromatic rings. The molecule has 2 N–H and O–H groups in total. The quantitative estimate of drug-likeness (QED) is 0.401. The van der Waals surface area contributed by atoms with Crippen LogP contribution < -0.4 is 11.0 Å². The van der Waals surface area contributed by atoms with Crippen LogP contribution in [0.4, 0.5) is 5.95 Å². The van der Waals surface area contributed by atoms with Crippen LogP contribution in [0.5, 0.6) is 0 Å². The topological polar surface area (TPSA) is 70.1 Å². The fraction of sp³-hybridized carbons (Fsp3) is 0.350. The van der Waals surface area contributed by atoms with Crippen molar-refractivity contribution in [3.8, 4) is 0 Å². The van der Waals surface area contributed by atoms with Crippen LogP contribution in [0.3, 0.4) is 0 Å². The minimum atomic E-state index is -0.190. The number of nitrogens with zero attached hydrogens (tertiary/aromatic N) is 2. The van der Waals surface area contributed by atoms with Gasteiger partial charge in [-0.15, -0.1) is 0 Å². The molecule has 0 saturated heterocycles. The number of anilines is 1. The van der Waals surface area contributed by atoms with E-state index in [2.05, 4.69) is 45.6 Å². The number of benzene rings is 1. The predicted octanol–water partition coefficient (Wildman–Crippen LogP) is 4.53. The summed E-state index contributed by atoms with van der Waals surface area (Å²) in [5, 5.41) is 4.24. The second-order valence-electron chi connectivity index (χ2n) is 6.05. The molecule has 1 aromatic heterocycles. The molecule has 0 aliphatic rings. The molecule has 25 heavy (non-hydrogen) atoms. The summed E-state index contributed by atoms with van der Waals surface area (Å²) in [5.41, 5.74) is 5.57. The molecule has 0 radical (unpaired) electrons. The van der Waals surface area contributed by atoms with Gasteiger partial charge in [0.1, 0.15) is 0 Å². The molecule has 0 saturated carbocycles. The van der Waals surface area contributed by atoms with E-state index in [1.807, 2.05) is 18.2 Å². The first-order valence-electron chi connectivity index (χ1n) is 8.80. The SMILES string of the molecule is CCCCCCC(/C=N\Nc1nc(C)cc(=O)[nH]1)=C\c1ccccc1. The van der Waals surface area contributed by atoms with E-state index in [0.29, 0.717) is 11.6 Å². The van der Waals surface area contributed by atoms with Crippen molar-refractivity contribution in [2.45, 2.75) is 46.0 Å². The number of nitrogens with one attached hydrogen (secondary N) is 2. The maximum absolute atomic E-state index is 11.5. The van der Waals surface area contributed by atoms with Gasteiger partial charge in [-0.25, -0.2) is 10.4 Å². The van der Waals surface area contributed by atoms with Crippen molar-refractivity contribution in [2.75, 3.05) is 5.43 Å². The Kier molecular flexibility index (Phi) is 7.63. The molecule has 5 heteroatoms. The van der Waals surface area contributed by atoms with E-state index in [-0.39, 0.29) is 5.56 Å². The van der Waals surface area contributed by atoms with Crippen LogP contribution >= 0.6 is 0 Å². The zero-order valence-electron chi connectivity index (χ0n) is 15.0. The molecule has 132 valence electrons. The minimum absolute atomic E-state index is 0.190. The predicted molar refractivity (Wildman–Crippen MR) is 105 cm³/mol. The summed E-state index contributed by atoms with van der Waals surface area (Å²) in [6.45, 7) is 3.99. The summed E-state index contributed by atoms with van der Waals surface area (Å²) < 4.78 is 0. The Hall–Kier alpha value is -2.69. The van der Waals surface area contributed by atoms with Crippen molar-refractivity contribution in [2.24, 2.45) is 5.10 Å². The lowest BCUT2D eigenvalue weighted by Gasteiger charge is -2.04. The summed E-state index contributed by atoms with van der Waals surface area (Å²) in [4.78, 5) is 18.3. The van der Waals surface area contributed by atoms with Crippen LogP contribution in [-0.4, -0.2) is 16.2 Å². The third-order valence-corrected chi connectivity index (χ3v) is 3.74. The Morgan fingerprint density at radius 2 is 2.04 bits per heavy atom. The molecule has 0 spiro atoms. The van der Waals surface area contributed by atoms with Gasteiger partial charge in [-0.2, -0.15) is 5.10 Å². The van der Waals surface area contributed by atoms with Gasteiger partial charge in [0.2, 0.25) is 5.95 Å². The van der Waals surface area contributed by atoms with Crippen LogP contribution in [0, 0.1) is 6.92 Å². The standard InChI is InChI=1S/C20H26N4O/c1-3-4-5-7-12-18(14-17-10-8-6-9-11-17)15-21-24-20-22-16(2)13-19(25)23-20/h6,8-11,13-15H,3-5,7,12H2,1-2H3,(H2,22,23,24,25)/b18-14+,21-15-. The highest BCUT2D eigenvalue weighted by molar-refractivity contribution is 5.85. The van der Waals surface area contributed by atoms with Gasteiger partial charge in [0.25, 0.3) is 5.56 Å². The highest BCUT2D eigenvalue weighted by Crippen LogP contribution is 2.13. The molecule has 0 unspecified atom stereocenters. The van der Waals surface area contributed by atoms with Crippen LogP contribution in [0.25, 0.3) is 6.08 Å². The summed E-state index contributed by atoms with van der Waals surface area (Å²) in [7, 11) is 0. The Balaban J connectivity index is 2.06. The summed E-state index contributed by atoms with van der Waals surface area (Å²) in [6, 6.07) is 11.7. The van der Waals surface area contributed by atoms with E-state index in [1.165, 1.54) is 25.3 Å². The van der Waals surface area contributed by atoms with Gasteiger partial charge >= 0.3 is 0 Å². The third-order valence-electron chi connectivity index (χ3n) is 3.74. The first-order chi connectivity index (χ1) is 12.2. The number of hydrogen-bond acceptors (Lipinski definition) is 4. The molecule has 5 nitrogen and oxygen atoms in total. The number of allylic oxidation sites excluding steroid dienone is 1. The average Bonchev–Trinajstić information content (AvgIpc) is 2.58. The first kappa shape index (κ1) is 18.6. The van der Waals surface area contributed by atoms with Gasteiger partial charge < -0.3 is 0 Å². The van der Waals surface area contributed by atoms with Crippen LogP contribution in [0.1, 0.15) is 50.3 Å². The molecule has 0 aliphatic carbocycles. The molecule has 0 amide bonds. The second kappa shape index (κ2) is 10.2. The van der Waals surface area contributed by atoms with Crippen LogP contribution in [0.2, 0.25) is 0 Å². The lowest BCUT2D eigenvalue weighted by molar-refractivity contribution is 0.671. The normalized spacial score (nSPS) is 11.8. The van der Waals surface area contributed by atoms with Crippen molar-refractivity contribution in [1.29, 1.82) is 0 Å². The van der Waals surface area contributed by atoms with Crippen molar-refractivity contribution >= 4 is 18.2 Å². The summed E-state index contributed by atoms with van der Waals surface area (Å²) >= 11 is 0. The van der Waals surface area contributed by atoms with Crippen molar-refractivity contribution in [3.63, 3.8) is 0 Å². The van der Waals surface area contributed by atoms with E-state index >= 15 is 0 Å². The maximum Gasteiger partial charge on any atom is 0.252 e. The van der Waals surface area contributed by atoms with E-state index in [1.54, 1.807) is 13.1 Å². The van der Waals surface area contributed by atoms with Crippen molar-refractivity contribution in [3.05, 3.63) is 63.6 Å². The summed E-state index contributed by atoms with van der Waals surface area (Å²) in [5.74, 6) is 0.353. The lowest BCUT2D eigenvalue weighted by Crippen LogP contribution is -2.10. The Bertz CT molecular complexity index is 763. The molecule has 0 atom stereocenters. The molecule has 0 bridgehead atoms. The van der Waals surface area contributed by atoms with Crippen LogP contribution in [0.15, 0.2) is 51.9 Å². The average molecular weight is 338 g/mol. The number of aryl methyl sites for hydroxylation is 1. The zero-order valence-corrected chi connectivity index (χ0v) is 15.0. The van der Waals surface area contributed by atoms with Crippen molar-refractivity contribution < 1.29 is 0 Å². The fourth-order valence-corrected chi connectivity index (χ4v) is 2.50. The Morgan fingerprint density at radius 1 is 1.24 bits per heavy atom. The third kappa shape index (κ3) is 7.16. The molecular formula is C20H26N4O. The highest BCUT2D eigenvalue weighted by atomic mass is 16.1. The number of rotatable bonds is 9. The molecular weight excluding hydrogens is 312 g/mol. The largest absolute Gasteiger partial charge is 0.291 e. The van der Waals surface area contributed by atoms with Gasteiger partial charge in [0.05, 0.1) is 6.21 Å². The number of aromatic amines is 1. The van der Waals surface area contributed by atoms with Crippen LogP contribution in [-0.2, 0) is 0 Å².